The minimum atomic E-state index is 0.752. The van der Waals surface area contributed by atoms with Crippen LogP contribution in [0.3, 0.4) is 0 Å². The zero-order valence-corrected chi connectivity index (χ0v) is 15.5. The van der Waals surface area contributed by atoms with Crippen molar-refractivity contribution in [2.24, 2.45) is 5.84 Å². The van der Waals surface area contributed by atoms with Gasteiger partial charge in [0.05, 0.1) is 18.3 Å². The number of ether oxygens (including phenoxy) is 1. The van der Waals surface area contributed by atoms with Crippen LogP contribution in [0.15, 0.2) is 18.7 Å². The molecule has 0 spiro atoms. The van der Waals surface area contributed by atoms with E-state index in [0.717, 1.165) is 71.0 Å². The number of fused-ring (bicyclic) bond motifs is 1. The summed E-state index contributed by atoms with van der Waals surface area (Å²) in [4.78, 5) is 7.27. The number of anilines is 2. The number of allylic oxidation sites excluding steroid dienone is 1. The number of nitrogens with zero attached hydrogens (tertiary/aromatic N) is 3. The summed E-state index contributed by atoms with van der Waals surface area (Å²) in [5.74, 6) is 7.71. The summed E-state index contributed by atoms with van der Waals surface area (Å²) in [5.41, 5.74) is 5.13. The average Bonchev–Trinajstić information content (AvgIpc) is 2.60. The van der Waals surface area contributed by atoms with Gasteiger partial charge < -0.3 is 15.0 Å². The van der Waals surface area contributed by atoms with E-state index in [9.17, 15) is 0 Å². The third-order valence-electron chi connectivity index (χ3n) is 4.64. The van der Waals surface area contributed by atoms with E-state index in [4.69, 9.17) is 15.6 Å². The highest BCUT2D eigenvalue weighted by Gasteiger charge is 2.24. The fourth-order valence-electron chi connectivity index (χ4n) is 3.46. The highest BCUT2D eigenvalue weighted by molar-refractivity contribution is 6.03. The summed E-state index contributed by atoms with van der Waals surface area (Å²) in [6.07, 6.45) is 0. The molecular weight excluding hydrogens is 314 g/mol. The first-order valence-corrected chi connectivity index (χ1v) is 8.56. The van der Waals surface area contributed by atoms with Crippen LogP contribution in [0.1, 0.15) is 18.1 Å². The molecular formula is C19H27N5O. The van der Waals surface area contributed by atoms with Crippen LogP contribution in [0.25, 0.3) is 16.5 Å². The Hall–Kier alpha value is -2.31. The van der Waals surface area contributed by atoms with E-state index in [0.29, 0.717) is 0 Å². The standard InChI is InChI=1S/C19H27N5O/c1-12(2)16-18(24-8-6-21-7-9-24)15-11-14(25-5)10-13(3)17(15)22-19(16)23(4)20/h10-11,21H,1,6-9,20H2,2-5H3. The fraction of sp³-hybridized carbons (Fsp3) is 0.421. The summed E-state index contributed by atoms with van der Waals surface area (Å²) in [7, 11) is 3.52. The molecule has 0 radical (unpaired) electrons. The predicted octanol–water partition coefficient (Wildman–Crippen LogP) is 2.30. The van der Waals surface area contributed by atoms with E-state index in [2.05, 4.69) is 29.8 Å². The molecule has 134 valence electrons. The Labute approximate surface area is 149 Å². The number of rotatable bonds is 4. The van der Waals surface area contributed by atoms with Gasteiger partial charge in [-0.05, 0) is 37.1 Å². The van der Waals surface area contributed by atoms with Gasteiger partial charge in [0.1, 0.15) is 5.75 Å². The van der Waals surface area contributed by atoms with Crippen molar-refractivity contribution in [2.45, 2.75) is 13.8 Å². The lowest BCUT2D eigenvalue weighted by Gasteiger charge is -2.34. The number of hydrogen-bond acceptors (Lipinski definition) is 6. The van der Waals surface area contributed by atoms with Crippen LogP contribution >= 0.6 is 0 Å². The second-order valence-electron chi connectivity index (χ2n) is 6.63. The first-order chi connectivity index (χ1) is 11.9. The zero-order chi connectivity index (χ0) is 18.1. The number of aromatic nitrogens is 1. The molecule has 0 saturated carbocycles. The van der Waals surface area contributed by atoms with Crippen LogP contribution in [-0.4, -0.2) is 45.3 Å². The Bertz CT molecular complexity index is 809. The number of methoxy groups -OCH3 is 1. The summed E-state index contributed by atoms with van der Waals surface area (Å²) >= 11 is 0. The van der Waals surface area contributed by atoms with Crippen molar-refractivity contribution in [3.63, 3.8) is 0 Å². The van der Waals surface area contributed by atoms with E-state index in [1.54, 1.807) is 12.1 Å². The third-order valence-corrected chi connectivity index (χ3v) is 4.64. The van der Waals surface area contributed by atoms with Crippen molar-refractivity contribution in [2.75, 3.05) is 50.2 Å². The van der Waals surface area contributed by atoms with Crippen molar-refractivity contribution in [3.05, 3.63) is 29.8 Å². The molecule has 6 heteroatoms. The molecule has 6 nitrogen and oxygen atoms in total. The molecule has 1 aliphatic heterocycles. The highest BCUT2D eigenvalue weighted by Crippen LogP contribution is 2.41. The van der Waals surface area contributed by atoms with Gasteiger partial charge in [-0.1, -0.05) is 6.58 Å². The molecule has 3 rings (SSSR count). The van der Waals surface area contributed by atoms with Gasteiger partial charge in [0.2, 0.25) is 0 Å². The Balaban J connectivity index is 2.41. The van der Waals surface area contributed by atoms with Gasteiger partial charge in [0.25, 0.3) is 0 Å². The number of hydrogen-bond donors (Lipinski definition) is 2. The average molecular weight is 341 g/mol. The molecule has 1 aliphatic rings. The van der Waals surface area contributed by atoms with Crippen LogP contribution in [0.5, 0.6) is 5.75 Å². The van der Waals surface area contributed by atoms with Crippen LogP contribution in [-0.2, 0) is 0 Å². The van der Waals surface area contributed by atoms with Gasteiger partial charge in [-0.2, -0.15) is 0 Å². The van der Waals surface area contributed by atoms with E-state index in [1.807, 2.05) is 20.0 Å². The molecule has 25 heavy (non-hydrogen) atoms. The SMILES string of the molecule is C=C(C)c1c(N(C)N)nc2c(C)cc(OC)cc2c1N1CCNCC1. The van der Waals surface area contributed by atoms with Crippen molar-refractivity contribution in [3.8, 4) is 5.75 Å². The maximum Gasteiger partial charge on any atom is 0.152 e. The number of pyridine rings is 1. The molecule has 1 saturated heterocycles. The first kappa shape index (κ1) is 17.5. The van der Waals surface area contributed by atoms with E-state index < -0.39 is 0 Å². The largest absolute Gasteiger partial charge is 0.497 e. The van der Waals surface area contributed by atoms with Gasteiger partial charge >= 0.3 is 0 Å². The maximum atomic E-state index is 6.12. The molecule has 0 atom stereocenters. The fourth-order valence-corrected chi connectivity index (χ4v) is 3.46. The predicted molar refractivity (Wildman–Crippen MR) is 105 cm³/mol. The molecule has 2 heterocycles. The normalized spacial score (nSPS) is 14.7. The molecule has 0 aliphatic carbocycles. The molecule has 0 unspecified atom stereocenters. The van der Waals surface area contributed by atoms with Crippen molar-refractivity contribution < 1.29 is 4.74 Å². The second kappa shape index (κ2) is 6.90. The van der Waals surface area contributed by atoms with Gasteiger partial charge in [-0.25, -0.2) is 10.8 Å². The lowest BCUT2D eigenvalue weighted by Crippen LogP contribution is -2.44. The van der Waals surface area contributed by atoms with Crippen LogP contribution < -0.4 is 25.8 Å². The number of piperazine rings is 1. The van der Waals surface area contributed by atoms with E-state index in [1.165, 1.54) is 0 Å². The van der Waals surface area contributed by atoms with Gasteiger partial charge in [-0.15, -0.1) is 0 Å². The quantitative estimate of drug-likeness (QED) is 0.657. The first-order valence-electron chi connectivity index (χ1n) is 8.56. The Morgan fingerprint density at radius 2 is 2.04 bits per heavy atom. The topological polar surface area (TPSA) is 66.6 Å². The zero-order valence-electron chi connectivity index (χ0n) is 15.5. The van der Waals surface area contributed by atoms with Crippen molar-refractivity contribution >= 4 is 28.0 Å². The molecule has 1 aromatic heterocycles. The number of hydrazine groups is 1. The van der Waals surface area contributed by atoms with Crippen LogP contribution in [0.2, 0.25) is 0 Å². The van der Waals surface area contributed by atoms with E-state index >= 15 is 0 Å². The Morgan fingerprint density at radius 3 is 2.60 bits per heavy atom. The number of benzene rings is 1. The van der Waals surface area contributed by atoms with Crippen LogP contribution in [0.4, 0.5) is 11.5 Å². The summed E-state index contributed by atoms with van der Waals surface area (Å²) in [6, 6.07) is 4.08. The van der Waals surface area contributed by atoms with Gasteiger partial charge in [0.15, 0.2) is 5.82 Å². The van der Waals surface area contributed by atoms with Crippen molar-refractivity contribution in [1.29, 1.82) is 0 Å². The molecule has 0 bridgehead atoms. The summed E-state index contributed by atoms with van der Waals surface area (Å²) < 4.78 is 5.51. The number of nitrogens with two attached hydrogens (primary N) is 1. The smallest absolute Gasteiger partial charge is 0.152 e. The summed E-state index contributed by atoms with van der Waals surface area (Å²) in [6.45, 7) is 12.0. The molecule has 1 aromatic carbocycles. The lowest BCUT2D eigenvalue weighted by molar-refractivity contribution is 0.415. The van der Waals surface area contributed by atoms with Crippen LogP contribution in [0, 0.1) is 6.92 Å². The maximum absolute atomic E-state index is 6.12. The third kappa shape index (κ3) is 3.15. The minimum Gasteiger partial charge on any atom is -0.497 e. The summed E-state index contributed by atoms with van der Waals surface area (Å²) in [5, 5.41) is 6.08. The lowest BCUT2D eigenvalue weighted by atomic mass is 9.99. The Morgan fingerprint density at radius 1 is 1.36 bits per heavy atom. The van der Waals surface area contributed by atoms with Crippen molar-refractivity contribution in [1.82, 2.24) is 10.3 Å². The van der Waals surface area contributed by atoms with Gasteiger partial charge in [-0.3, -0.25) is 5.01 Å². The van der Waals surface area contributed by atoms with Gasteiger partial charge in [0, 0.05) is 44.2 Å². The molecule has 2 aromatic rings. The molecule has 0 amide bonds. The monoisotopic (exact) mass is 341 g/mol. The molecule has 3 N–H and O–H groups in total. The van der Waals surface area contributed by atoms with E-state index in [-0.39, 0.29) is 0 Å². The number of nitrogens with one attached hydrogen (secondary N) is 1. The number of aryl methyl sites for hydroxylation is 1. The minimum absolute atomic E-state index is 0.752. The second-order valence-corrected chi connectivity index (χ2v) is 6.63. The highest BCUT2D eigenvalue weighted by atomic mass is 16.5. The Kier molecular flexibility index (Phi) is 4.83. The molecule has 1 fully saturated rings.